The van der Waals surface area contributed by atoms with Crippen molar-refractivity contribution >= 4 is 17.7 Å². The van der Waals surface area contributed by atoms with Gasteiger partial charge in [0.2, 0.25) is 0 Å². The summed E-state index contributed by atoms with van der Waals surface area (Å²) in [5.41, 5.74) is -6.27. The molecule has 0 aromatic carbocycles. The molecule has 0 amide bonds. The zero-order valence-corrected chi connectivity index (χ0v) is 33.3. The molecule has 4 spiro atoms. The van der Waals surface area contributed by atoms with E-state index >= 15 is 4.79 Å². The van der Waals surface area contributed by atoms with Crippen LogP contribution in [-0.4, -0.2) is 106 Å². The number of nitrogens with zero attached hydrogens (tertiary/aromatic N) is 1. The zero-order chi connectivity index (χ0) is 39.9. The first-order chi connectivity index (χ1) is 27.8. The molecule has 8 fully saturated rings. The van der Waals surface area contributed by atoms with Gasteiger partial charge in [0.25, 0.3) is 0 Å². The summed E-state index contributed by atoms with van der Waals surface area (Å²) in [6.07, 6.45) is 13.1. The number of allylic oxidation sites excluding steroid dienone is 4. The molecule has 3 saturated carbocycles. The molecule has 13 heteroatoms. The number of aliphatic hydroxyl groups is 3. The van der Waals surface area contributed by atoms with Gasteiger partial charge in [-0.05, 0) is 87.3 Å². The Hall–Kier alpha value is -3.33. The van der Waals surface area contributed by atoms with Gasteiger partial charge in [0.15, 0.2) is 11.9 Å². The molecule has 18 atom stereocenters. The summed E-state index contributed by atoms with van der Waals surface area (Å²) in [7, 11) is 0. The number of carbonyl (C=O) groups excluding carboxylic acids is 3. The van der Waals surface area contributed by atoms with Gasteiger partial charge in [-0.1, -0.05) is 37.3 Å². The molecule has 310 valence electrons. The van der Waals surface area contributed by atoms with Crippen molar-refractivity contribution in [1.82, 2.24) is 10.2 Å². The highest BCUT2D eigenvalue weighted by atomic mass is 16.7. The van der Waals surface area contributed by atoms with Gasteiger partial charge < -0.3 is 43.6 Å². The topological polar surface area (TPSA) is 181 Å². The van der Waals surface area contributed by atoms with E-state index in [0.29, 0.717) is 42.0 Å². The highest BCUT2D eigenvalue weighted by Crippen LogP contribution is 2.86. The summed E-state index contributed by atoms with van der Waals surface area (Å²) in [6.45, 7) is 7.27. The minimum absolute atomic E-state index is 0.0105. The molecule has 4 N–H and O–H groups in total. The SMILES string of the molecule is CC1(C)O[C@H]2CC(=O)OC[C@]23[C@H]2[C@H]4C=C[C@H]5C=C[C@@]13C(=O)[C@@H](O)[C@]52[C@@]12O[C@@H]1C(=O)O[C@@H](c1ccoc1C[C@@H]([C@@H]1CC[C@H]3[C@H](C=CN5CNC[C@@H]35)C1)[C@H](O)CO)[C@]2(C)C4. The molecule has 0 unspecified atom stereocenters. The van der Waals surface area contributed by atoms with Crippen LogP contribution in [0.2, 0.25) is 0 Å². The Balaban J connectivity index is 0.948. The van der Waals surface area contributed by atoms with Crippen molar-refractivity contribution in [2.24, 2.45) is 63.1 Å². The van der Waals surface area contributed by atoms with Gasteiger partial charge in [-0.3, -0.25) is 14.9 Å². The number of nitrogens with one attached hydrogen (secondary N) is 1. The Morgan fingerprint density at radius 1 is 1.03 bits per heavy atom. The second-order valence-electron chi connectivity index (χ2n) is 20.5. The fourth-order valence-corrected chi connectivity index (χ4v) is 16.4. The van der Waals surface area contributed by atoms with Gasteiger partial charge in [0.1, 0.15) is 30.2 Å². The Morgan fingerprint density at radius 3 is 2.71 bits per heavy atom. The van der Waals surface area contributed by atoms with Crippen LogP contribution in [0.15, 0.2) is 53.3 Å². The minimum atomic E-state index is -1.52. The fourth-order valence-electron chi connectivity index (χ4n) is 16.4. The van der Waals surface area contributed by atoms with Gasteiger partial charge in [-0.2, -0.15) is 0 Å². The van der Waals surface area contributed by atoms with E-state index in [0.717, 1.165) is 32.5 Å². The molecule has 5 bridgehead atoms. The third-order valence-corrected chi connectivity index (χ3v) is 18.4. The summed E-state index contributed by atoms with van der Waals surface area (Å²) in [5, 5.41) is 38.3. The molecular formula is C45H54N2O11. The lowest BCUT2D eigenvalue weighted by Crippen LogP contribution is -2.82. The molecule has 6 aliphatic heterocycles. The predicted molar refractivity (Wildman–Crippen MR) is 202 cm³/mol. The van der Waals surface area contributed by atoms with E-state index in [4.69, 9.17) is 23.4 Å². The van der Waals surface area contributed by atoms with Crippen molar-refractivity contribution in [1.29, 1.82) is 0 Å². The van der Waals surface area contributed by atoms with Crippen LogP contribution in [0, 0.1) is 63.1 Å². The van der Waals surface area contributed by atoms with Crippen molar-refractivity contribution in [3.63, 3.8) is 0 Å². The molecule has 1 aromatic heterocycles. The van der Waals surface area contributed by atoms with Crippen LogP contribution in [-0.2, 0) is 39.8 Å². The van der Waals surface area contributed by atoms with Crippen LogP contribution in [0.5, 0.6) is 0 Å². The highest BCUT2D eigenvalue weighted by Gasteiger charge is 2.96. The van der Waals surface area contributed by atoms with Crippen LogP contribution in [0.25, 0.3) is 0 Å². The molecule has 58 heavy (non-hydrogen) atoms. The number of cyclic esters (lactones) is 2. The number of esters is 2. The van der Waals surface area contributed by atoms with E-state index in [1.807, 2.05) is 32.1 Å². The number of aliphatic hydroxyl groups excluding tert-OH is 3. The zero-order valence-electron chi connectivity index (χ0n) is 33.3. The number of hydrogen-bond acceptors (Lipinski definition) is 13. The second-order valence-corrected chi connectivity index (χ2v) is 20.5. The second kappa shape index (κ2) is 11.5. The molecular weight excluding hydrogens is 744 g/mol. The first-order valence-corrected chi connectivity index (χ1v) is 21.6. The maximum absolute atomic E-state index is 15.4. The molecule has 7 heterocycles. The number of hydrogen-bond donors (Lipinski definition) is 4. The lowest BCUT2D eigenvalue weighted by Gasteiger charge is -2.72. The quantitative estimate of drug-likeness (QED) is 0.188. The number of carbonyl (C=O) groups is 3. The predicted octanol–water partition coefficient (Wildman–Crippen LogP) is 2.74. The maximum Gasteiger partial charge on any atom is 0.339 e. The van der Waals surface area contributed by atoms with Gasteiger partial charge in [-0.25, -0.2) is 4.79 Å². The molecule has 13 nitrogen and oxygen atoms in total. The molecule has 6 aliphatic carbocycles. The normalized spacial score (nSPS) is 51.7. The standard InChI is InChI=1S/C45H54N2O11/c1-40(2)43-11-8-25-6-4-24-17-41(3)37(27-10-13-54-31(27)15-28(30(49)19-48)22-5-7-26-23(14-22)9-12-47-21-46-18-29(26)47)56-39(53)38-45(41,58-38)44(25,36(52)35(43)51)34(24)42(43)20-55-33(50)16-32(42)57-40/h4,6,8-13,22-26,28-30,32,34,36-38,46,48-49,52H,5,7,14-21H2,1-3H3/t22-,23-,24+,25+,26+,28+,29+,30-,32+,34-,36-,37+,38-,41+,42-,43-,44+,45-/m1/s1. The third kappa shape index (κ3) is 3.87. The van der Waals surface area contributed by atoms with Crippen molar-refractivity contribution in [3.8, 4) is 0 Å². The largest absolute Gasteiger partial charge is 0.469 e. The van der Waals surface area contributed by atoms with E-state index in [9.17, 15) is 24.9 Å². The summed E-state index contributed by atoms with van der Waals surface area (Å²) < 4.78 is 32.4. The number of ether oxygens (including phenoxy) is 4. The molecule has 0 radical (unpaired) electrons. The average molecular weight is 799 g/mol. The summed E-state index contributed by atoms with van der Waals surface area (Å²) >= 11 is 0. The Kier molecular flexibility index (Phi) is 7.25. The van der Waals surface area contributed by atoms with Crippen molar-refractivity contribution in [3.05, 3.63) is 60.2 Å². The van der Waals surface area contributed by atoms with E-state index in [1.165, 1.54) is 0 Å². The van der Waals surface area contributed by atoms with E-state index in [2.05, 4.69) is 41.6 Å². The average Bonchev–Trinajstić information content (AvgIpc) is 3.50. The van der Waals surface area contributed by atoms with Gasteiger partial charge >= 0.3 is 11.9 Å². The fraction of sp³-hybridized carbons (Fsp3) is 0.711. The first kappa shape index (κ1) is 36.5. The van der Waals surface area contributed by atoms with E-state index in [1.54, 1.807) is 6.26 Å². The Bertz CT molecular complexity index is 2090. The number of fused-ring (bicyclic) bond motifs is 4. The summed E-state index contributed by atoms with van der Waals surface area (Å²) in [6, 6.07) is 2.32. The summed E-state index contributed by atoms with van der Waals surface area (Å²) in [4.78, 5) is 45.2. The number of epoxide rings is 1. The van der Waals surface area contributed by atoms with Crippen LogP contribution >= 0.6 is 0 Å². The lowest BCUT2D eigenvalue weighted by molar-refractivity contribution is -0.283. The molecule has 12 aliphatic rings. The van der Waals surface area contributed by atoms with Gasteiger partial charge in [0.05, 0.1) is 60.0 Å². The Morgan fingerprint density at radius 2 is 1.88 bits per heavy atom. The molecule has 5 saturated heterocycles. The number of furan rings is 1. The third-order valence-electron chi connectivity index (χ3n) is 18.4. The number of Topliss-reactive ketones (excluding diaryl/α,β-unsaturated/α-hetero) is 1. The van der Waals surface area contributed by atoms with Gasteiger partial charge in [0, 0.05) is 35.9 Å². The number of ketones is 1. The van der Waals surface area contributed by atoms with Crippen LogP contribution in [0.4, 0.5) is 0 Å². The van der Waals surface area contributed by atoms with E-state index < -0.39 is 81.2 Å². The monoisotopic (exact) mass is 798 g/mol. The minimum Gasteiger partial charge on any atom is -0.469 e. The van der Waals surface area contributed by atoms with Crippen LogP contribution in [0.3, 0.4) is 0 Å². The van der Waals surface area contributed by atoms with Gasteiger partial charge in [-0.15, -0.1) is 0 Å². The van der Waals surface area contributed by atoms with Crippen LogP contribution in [0.1, 0.15) is 70.3 Å². The van der Waals surface area contributed by atoms with Crippen molar-refractivity contribution in [2.75, 3.05) is 26.4 Å². The van der Waals surface area contributed by atoms with E-state index in [-0.39, 0.29) is 49.1 Å². The highest BCUT2D eigenvalue weighted by molar-refractivity contribution is 5.98. The smallest absolute Gasteiger partial charge is 0.339 e. The molecule has 13 rings (SSSR count). The molecule has 1 aromatic rings. The summed E-state index contributed by atoms with van der Waals surface area (Å²) in [5.74, 6) is -1.12. The Labute approximate surface area is 337 Å². The van der Waals surface area contributed by atoms with Crippen LogP contribution < -0.4 is 5.32 Å². The lowest BCUT2D eigenvalue weighted by atomic mass is 9.29. The maximum atomic E-state index is 15.4. The van der Waals surface area contributed by atoms with Crippen molar-refractivity contribution < 1.29 is 53.1 Å². The first-order valence-electron chi connectivity index (χ1n) is 21.6. The van der Waals surface area contributed by atoms with Crippen molar-refractivity contribution in [2.45, 2.75) is 107 Å². The number of rotatable bonds is 6.